The number of nitrogens with zero attached hydrogens (tertiary/aromatic N) is 1. The van der Waals surface area contributed by atoms with Crippen molar-refractivity contribution in [2.24, 2.45) is 5.92 Å². The summed E-state index contributed by atoms with van der Waals surface area (Å²) in [5.74, 6) is -0.465. The van der Waals surface area contributed by atoms with E-state index in [4.69, 9.17) is 15.8 Å². The molecule has 3 aromatic carbocycles. The topological polar surface area (TPSA) is 63.7 Å². The normalized spacial score (nSPS) is 13.5. The number of benzene rings is 3. The number of amides is 1. The lowest BCUT2D eigenvalue weighted by molar-refractivity contribution is 0.0730. The largest absolute Gasteiger partial charge is 0.379 e. The van der Waals surface area contributed by atoms with E-state index in [1.54, 1.807) is 54.3 Å². The number of carbonyl (C=O) groups excluding carboxylic acids is 1. The second-order valence-corrected chi connectivity index (χ2v) is 10.1. The van der Waals surface area contributed by atoms with Crippen molar-refractivity contribution >= 4 is 27.6 Å². The molecule has 172 valence electrons. The highest BCUT2D eigenvalue weighted by atomic mass is 35.5. The number of carbonyl (C=O) groups is 1. The van der Waals surface area contributed by atoms with Crippen molar-refractivity contribution in [1.82, 2.24) is 4.90 Å². The van der Waals surface area contributed by atoms with E-state index in [0.717, 1.165) is 12.8 Å². The van der Waals surface area contributed by atoms with Gasteiger partial charge < -0.3 is 9.08 Å². The fourth-order valence-corrected chi connectivity index (χ4v) is 5.37. The van der Waals surface area contributed by atoms with E-state index in [1.165, 1.54) is 24.3 Å². The van der Waals surface area contributed by atoms with Crippen molar-refractivity contribution in [2.45, 2.75) is 31.2 Å². The monoisotopic (exact) mass is 487 g/mol. The summed E-state index contributed by atoms with van der Waals surface area (Å²) in [7, 11) is -4.16. The zero-order chi connectivity index (χ0) is 23.6. The predicted octanol–water partition coefficient (Wildman–Crippen LogP) is 5.61. The summed E-state index contributed by atoms with van der Waals surface area (Å²) >= 11 is 6.11. The van der Waals surface area contributed by atoms with Crippen LogP contribution in [0.25, 0.3) is 0 Å². The Labute approximate surface area is 197 Å². The molecule has 0 bridgehead atoms. The second kappa shape index (κ2) is 9.53. The van der Waals surface area contributed by atoms with Gasteiger partial charge in [0.15, 0.2) is 0 Å². The van der Waals surface area contributed by atoms with Crippen LogP contribution in [0.15, 0.2) is 71.6 Å². The van der Waals surface area contributed by atoms with Gasteiger partial charge in [-0.3, -0.25) is 4.79 Å². The highest BCUT2D eigenvalue weighted by Crippen LogP contribution is 2.32. The van der Waals surface area contributed by atoms with E-state index >= 15 is 0 Å². The molecule has 0 saturated heterocycles. The molecule has 3 aromatic rings. The van der Waals surface area contributed by atoms with Crippen LogP contribution in [-0.4, -0.2) is 25.8 Å². The van der Waals surface area contributed by atoms with Crippen molar-refractivity contribution in [1.29, 1.82) is 0 Å². The van der Waals surface area contributed by atoms with Crippen LogP contribution in [0.5, 0.6) is 5.75 Å². The van der Waals surface area contributed by atoms with Gasteiger partial charge in [0.2, 0.25) is 0 Å². The molecule has 0 N–H and O–H groups in total. The van der Waals surface area contributed by atoms with Crippen LogP contribution in [0.3, 0.4) is 0 Å². The van der Waals surface area contributed by atoms with Crippen LogP contribution in [0.4, 0.5) is 4.39 Å². The van der Waals surface area contributed by atoms with E-state index in [1.807, 2.05) is 0 Å². The second-order valence-electron chi connectivity index (χ2n) is 8.18. The Morgan fingerprint density at radius 3 is 2.52 bits per heavy atom. The molecular formula is C25H23ClFNO4S. The molecule has 1 aliphatic rings. The smallest absolute Gasteiger partial charge is 0.340 e. The van der Waals surface area contributed by atoms with E-state index in [0.29, 0.717) is 23.6 Å². The number of aryl methyl sites for hydroxylation is 1. The lowest BCUT2D eigenvalue weighted by Crippen LogP contribution is -2.33. The molecule has 0 heterocycles. The fraction of sp³-hybridized carbons (Fsp3) is 0.240. The number of hydrogen-bond donors (Lipinski definition) is 0. The highest BCUT2D eigenvalue weighted by Gasteiger charge is 2.29. The van der Waals surface area contributed by atoms with Crippen molar-refractivity contribution in [3.8, 4) is 5.75 Å². The Morgan fingerprint density at radius 1 is 1.09 bits per heavy atom. The van der Waals surface area contributed by atoms with E-state index < -0.39 is 21.8 Å². The van der Waals surface area contributed by atoms with Crippen LogP contribution in [0.1, 0.15) is 34.3 Å². The first-order chi connectivity index (χ1) is 15.7. The highest BCUT2D eigenvalue weighted by molar-refractivity contribution is 7.87. The van der Waals surface area contributed by atoms with Gasteiger partial charge in [0, 0.05) is 13.1 Å². The minimum Gasteiger partial charge on any atom is -0.379 e. The average Bonchev–Trinajstić information content (AvgIpc) is 3.57. The Balaban J connectivity index is 1.57. The molecule has 5 nitrogen and oxygen atoms in total. The van der Waals surface area contributed by atoms with Crippen molar-refractivity contribution < 1.29 is 21.8 Å². The van der Waals surface area contributed by atoms with Crippen molar-refractivity contribution in [2.75, 3.05) is 6.54 Å². The third-order valence-electron chi connectivity index (χ3n) is 5.46. The third-order valence-corrected chi connectivity index (χ3v) is 7.34. The minimum atomic E-state index is -4.16. The van der Waals surface area contributed by atoms with Gasteiger partial charge >= 0.3 is 10.1 Å². The number of hydrogen-bond acceptors (Lipinski definition) is 4. The maximum absolute atomic E-state index is 14.2. The zero-order valence-corrected chi connectivity index (χ0v) is 19.6. The van der Waals surface area contributed by atoms with Crippen LogP contribution in [0.2, 0.25) is 5.02 Å². The molecular weight excluding hydrogens is 465 g/mol. The molecule has 1 amide bonds. The Morgan fingerprint density at radius 2 is 1.82 bits per heavy atom. The summed E-state index contributed by atoms with van der Waals surface area (Å²) < 4.78 is 45.3. The maximum atomic E-state index is 14.2. The summed E-state index contributed by atoms with van der Waals surface area (Å²) in [4.78, 5) is 14.6. The summed E-state index contributed by atoms with van der Waals surface area (Å²) in [6.45, 7) is 2.35. The first-order valence-corrected chi connectivity index (χ1v) is 12.4. The van der Waals surface area contributed by atoms with Gasteiger partial charge in [-0.25, -0.2) is 4.39 Å². The van der Waals surface area contributed by atoms with Gasteiger partial charge in [-0.15, -0.1) is 0 Å². The molecule has 0 aromatic heterocycles. The SMILES string of the molecule is Cc1cccc(Cl)c1S(=O)(=O)Oc1cccc(CN(CC2CC2)C(=O)c2ccccc2F)c1. The molecule has 8 heteroatoms. The third kappa shape index (κ3) is 5.54. The molecule has 0 atom stereocenters. The van der Waals surface area contributed by atoms with Crippen LogP contribution < -0.4 is 4.18 Å². The lowest BCUT2D eigenvalue weighted by Gasteiger charge is -2.23. The molecule has 0 spiro atoms. The fourth-order valence-electron chi connectivity index (χ4n) is 3.65. The molecule has 33 heavy (non-hydrogen) atoms. The summed E-state index contributed by atoms with van der Waals surface area (Å²) in [6.07, 6.45) is 2.05. The Bertz CT molecular complexity index is 1270. The summed E-state index contributed by atoms with van der Waals surface area (Å²) in [6, 6.07) is 17.2. The molecule has 0 aliphatic heterocycles. The predicted molar refractivity (Wildman–Crippen MR) is 124 cm³/mol. The van der Waals surface area contributed by atoms with Crippen LogP contribution in [0, 0.1) is 18.7 Å². The standard InChI is InChI=1S/C25H23ClFNO4S/c1-17-6-4-10-22(26)24(17)33(30,31)32-20-8-5-7-19(14-20)16-28(15-18-12-13-18)25(29)21-9-2-3-11-23(21)27/h2-11,14,18H,12-13,15-16H2,1H3. The molecule has 0 unspecified atom stereocenters. The van der Waals surface area contributed by atoms with Gasteiger partial charge in [-0.2, -0.15) is 8.42 Å². The Hall–Kier alpha value is -2.90. The van der Waals surface area contributed by atoms with Gasteiger partial charge in [-0.05, 0) is 67.1 Å². The average molecular weight is 488 g/mol. The molecule has 1 aliphatic carbocycles. The quantitative estimate of drug-likeness (QED) is 0.387. The Kier molecular flexibility index (Phi) is 6.72. The van der Waals surface area contributed by atoms with Gasteiger partial charge in [0.1, 0.15) is 16.5 Å². The van der Waals surface area contributed by atoms with E-state index in [2.05, 4.69) is 0 Å². The van der Waals surface area contributed by atoms with Gasteiger partial charge in [-0.1, -0.05) is 48.0 Å². The summed E-state index contributed by atoms with van der Waals surface area (Å²) in [5, 5.41) is 0.0808. The van der Waals surface area contributed by atoms with Crippen LogP contribution >= 0.6 is 11.6 Å². The first kappa shape index (κ1) is 23.3. The molecule has 1 fully saturated rings. The van der Waals surface area contributed by atoms with Crippen molar-refractivity contribution in [3.05, 3.63) is 94.3 Å². The molecule has 0 radical (unpaired) electrons. The van der Waals surface area contributed by atoms with Crippen LogP contribution in [-0.2, 0) is 16.7 Å². The number of halogens is 2. The molecule has 1 saturated carbocycles. The van der Waals surface area contributed by atoms with E-state index in [-0.39, 0.29) is 27.8 Å². The molecule has 4 rings (SSSR count). The summed E-state index contributed by atoms with van der Waals surface area (Å²) in [5.41, 5.74) is 1.16. The van der Waals surface area contributed by atoms with E-state index in [9.17, 15) is 17.6 Å². The number of rotatable bonds is 8. The maximum Gasteiger partial charge on any atom is 0.340 e. The van der Waals surface area contributed by atoms with Gasteiger partial charge in [0.25, 0.3) is 5.91 Å². The zero-order valence-electron chi connectivity index (χ0n) is 18.0. The minimum absolute atomic E-state index is 0.0160. The first-order valence-electron chi connectivity index (χ1n) is 10.6. The van der Waals surface area contributed by atoms with Crippen molar-refractivity contribution in [3.63, 3.8) is 0 Å². The van der Waals surface area contributed by atoms with Gasteiger partial charge in [0.05, 0.1) is 10.6 Å². The lowest BCUT2D eigenvalue weighted by atomic mass is 10.1.